The zero-order chi connectivity index (χ0) is 13.5. The summed E-state index contributed by atoms with van der Waals surface area (Å²) in [5.41, 5.74) is 0. The molecule has 2 aromatic rings. The first-order valence-corrected chi connectivity index (χ1v) is 7.83. The van der Waals surface area contributed by atoms with E-state index in [1.54, 1.807) is 24.7 Å². The van der Waals surface area contributed by atoms with Gasteiger partial charge >= 0.3 is 0 Å². The SMILES string of the molecule is CNc1nc2sccn2c1S(=O)(=O)N(C)C(C)C. The van der Waals surface area contributed by atoms with E-state index < -0.39 is 10.0 Å². The van der Waals surface area contributed by atoms with Crippen LogP contribution < -0.4 is 5.32 Å². The van der Waals surface area contributed by atoms with E-state index in [4.69, 9.17) is 0 Å². The number of fused-ring (bicyclic) bond motifs is 1. The van der Waals surface area contributed by atoms with Gasteiger partial charge < -0.3 is 5.32 Å². The Morgan fingerprint density at radius 3 is 2.72 bits per heavy atom. The second kappa shape index (κ2) is 4.52. The number of hydrogen-bond donors (Lipinski definition) is 1. The van der Waals surface area contributed by atoms with Crippen LogP contribution in [0.3, 0.4) is 0 Å². The van der Waals surface area contributed by atoms with Crippen LogP contribution in [0.15, 0.2) is 16.6 Å². The summed E-state index contributed by atoms with van der Waals surface area (Å²) in [5, 5.41) is 4.85. The maximum Gasteiger partial charge on any atom is 0.262 e. The number of anilines is 1. The van der Waals surface area contributed by atoms with Crippen LogP contribution in [0, 0.1) is 0 Å². The molecule has 0 bridgehead atoms. The fraction of sp³-hybridized carbons (Fsp3) is 0.500. The van der Waals surface area contributed by atoms with Gasteiger partial charge in [-0.3, -0.25) is 4.40 Å². The molecule has 2 rings (SSSR count). The normalized spacial score (nSPS) is 12.8. The molecule has 0 spiro atoms. The number of thiazole rings is 1. The van der Waals surface area contributed by atoms with Crippen LogP contribution >= 0.6 is 11.3 Å². The van der Waals surface area contributed by atoms with E-state index in [0.29, 0.717) is 10.8 Å². The van der Waals surface area contributed by atoms with Crippen molar-refractivity contribution in [3.63, 3.8) is 0 Å². The average molecular weight is 288 g/mol. The smallest absolute Gasteiger partial charge is 0.262 e. The topological polar surface area (TPSA) is 66.7 Å². The fourth-order valence-corrected chi connectivity index (χ4v) is 3.98. The van der Waals surface area contributed by atoms with Crippen LogP contribution in [0.25, 0.3) is 4.96 Å². The highest BCUT2D eigenvalue weighted by Crippen LogP contribution is 2.28. The Labute approximate surface area is 110 Å². The second-order valence-electron chi connectivity index (χ2n) is 4.19. The van der Waals surface area contributed by atoms with Crippen LogP contribution in [-0.4, -0.2) is 42.2 Å². The average Bonchev–Trinajstić information content (AvgIpc) is 2.85. The number of nitrogens with one attached hydrogen (secondary N) is 1. The molecule has 1 N–H and O–H groups in total. The molecule has 0 aliphatic heterocycles. The van der Waals surface area contributed by atoms with Gasteiger partial charge in [-0.1, -0.05) is 0 Å². The standard InChI is InChI=1S/C10H16N4O2S2/c1-7(2)13(4)18(15,16)9-8(11-3)12-10-14(9)5-6-17-10/h5-7,11H,1-4H3. The third-order valence-electron chi connectivity index (χ3n) is 2.81. The summed E-state index contributed by atoms with van der Waals surface area (Å²) in [4.78, 5) is 4.93. The first-order valence-electron chi connectivity index (χ1n) is 5.51. The lowest BCUT2D eigenvalue weighted by Crippen LogP contribution is -2.34. The lowest BCUT2D eigenvalue weighted by Gasteiger charge is -2.20. The Balaban J connectivity index is 2.69. The molecule has 0 radical (unpaired) electrons. The number of imidazole rings is 1. The summed E-state index contributed by atoms with van der Waals surface area (Å²) in [6, 6.07) is -0.108. The minimum atomic E-state index is -3.56. The Morgan fingerprint density at radius 1 is 1.50 bits per heavy atom. The van der Waals surface area contributed by atoms with Crippen molar-refractivity contribution in [1.29, 1.82) is 0 Å². The summed E-state index contributed by atoms with van der Waals surface area (Å²) >= 11 is 1.40. The molecule has 0 fully saturated rings. The molecule has 0 saturated carbocycles. The minimum Gasteiger partial charge on any atom is -0.371 e. The monoisotopic (exact) mass is 288 g/mol. The van der Waals surface area contributed by atoms with Gasteiger partial charge in [-0.25, -0.2) is 13.4 Å². The number of rotatable bonds is 4. The van der Waals surface area contributed by atoms with Gasteiger partial charge in [0.25, 0.3) is 10.0 Å². The lowest BCUT2D eigenvalue weighted by molar-refractivity contribution is 0.408. The van der Waals surface area contributed by atoms with E-state index >= 15 is 0 Å². The lowest BCUT2D eigenvalue weighted by atomic mass is 10.4. The highest BCUT2D eigenvalue weighted by Gasteiger charge is 2.30. The quantitative estimate of drug-likeness (QED) is 0.925. The summed E-state index contributed by atoms with van der Waals surface area (Å²) in [6.45, 7) is 3.67. The molecule has 2 heterocycles. The van der Waals surface area contributed by atoms with Crippen molar-refractivity contribution in [3.05, 3.63) is 11.6 Å². The molecule has 2 aromatic heterocycles. The molecular weight excluding hydrogens is 272 g/mol. The van der Waals surface area contributed by atoms with Gasteiger partial charge in [-0.05, 0) is 13.8 Å². The first kappa shape index (κ1) is 13.3. The molecule has 0 aliphatic rings. The molecular formula is C10H16N4O2S2. The summed E-state index contributed by atoms with van der Waals surface area (Å²) < 4.78 is 28.1. The largest absolute Gasteiger partial charge is 0.371 e. The van der Waals surface area contributed by atoms with Crippen molar-refractivity contribution >= 4 is 32.1 Å². The van der Waals surface area contributed by atoms with Gasteiger partial charge in [0.2, 0.25) is 0 Å². The highest BCUT2D eigenvalue weighted by molar-refractivity contribution is 7.89. The molecule has 0 aromatic carbocycles. The zero-order valence-electron chi connectivity index (χ0n) is 10.7. The zero-order valence-corrected chi connectivity index (χ0v) is 12.3. The number of nitrogens with zero attached hydrogens (tertiary/aromatic N) is 3. The molecule has 0 aliphatic carbocycles. The Kier molecular flexibility index (Phi) is 3.35. The molecule has 0 unspecified atom stereocenters. The van der Waals surface area contributed by atoms with Gasteiger partial charge in [0.15, 0.2) is 15.8 Å². The van der Waals surface area contributed by atoms with Gasteiger partial charge in [0.05, 0.1) is 0 Å². The van der Waals surface area contributed by atoms with E-state index in [1.165, 1.54) is 15.6 Å². The first-order chi connectivity index (χ1) is 8.39. The van der Waals surface area contributed by atoms with Crippen LogP contribution in [0.1, 0.15) is 13.8 Å². The van der Waals surface area contributed by atoms with Crippen molar-refractivity contribution in [3.8, 4) is 0 Å². The van der Waals surface area contributed by atoms with E-state index in [2.05, 4.69) is 10.3 Å². The van der Waals surface area contributed by atoms with E-state index in [1.807, 2.05) is 19.2 Å². The highest BCUT2D eigenvalue weighted by atomic mass is 32.2. The third kappa shape index (κ3) is 1.90. The molecule has 0 atom stereocenters. The predicted molar refractivity (Wildman–Crippen MR) is 72.7 cm³/mol. The number of hydrogen-bond acceptors (Lipinski definition) is 5. The minimum absolute atomic E-state index is 0.108. The molecule has 0 saturated heterocycles. The summed E-state index contributed by atoms with van der Waals surface area (Å²) in [5.74, 6) is 0.384. The van der Waals surface area contributed by atoms with Gasteiger partial charge in [-0.2, -0.15) is 4.31 Å². The van der Waals surface area contributed by atoms with E-state index in [9.17, 15) is 8.42 Å². The fourth-order valence-electron chi connectivity index (χ4n) is 1.59. The summed E-state index contributed by atoms with van der Waals surface area (Å²) in [6.07, 6.45) is 1.72. The van der Waals surface area contributed by atoms with Gasteiger partial charge in [0, 0.05) is 31.7 Å². The van der Waals surface area contributed by atoms with Crippen molar-refractivity contribution < 1.29 is 8.42 Å². The molecule has 0 amide bonds. The van der Waals surface area contributed by atoms with Crippen molar-refractivity contribution in [2.24, 2.45) is 0 Å². The second-order valence-corrected chi connectivity index (χ2v) is 6.97. The van der Waals surface area contributed by atoms with Gasteiger partial charge in [-0.15, -0.1) is 11.3 Å². The van der Waals surface area contributed by atoms with Gasteiger partial charge in [0.1, 0.15) is 0 Å². The maximum absolute atomic E-state index is 12.6. The van der Waals surface area contributed by atoms with Crippen LogP contribution in [0.2, 0.25) is 0 Å². The van der Waals surface area contributed by atoms with Crippen LogP contribution in [0.5, 0.6) is 0 Å². The van der Waals surface area contributed by atoms with E-state index in [0.717, 1.165) is 0 Å². The van der Waals surface area contributed by atoms with Crippen molar-refractivity contribution in [2.45, 2.75) is 24.9 Å². The molecule has 8 heteroatoms. The van der Waals surface area contributed by atoms with Crippen LogP contribution in [-0.2, 0) is 10.0 Å². The molecule has 100 valence electrons. The van der Waals surface area contributed by atoms with Crippen molar-refractivity contribution in [1.82, 2.24) is 13.7 Å². The third-order valence-corrected chi connectivity index (χ3v) is 5.62. The number of sulfonamides is 1. The van der Waals surface area contributed by atoms with E-state index in [-0.39, 0.29) is 11.1 Å². The van der Waals surface area contributed by atoms with Crippen LogP contribution in [0.4, 0.5) is 5.82 Å². The van der Waals surface area contributed by atoms with Crippen molar-refractivity contribution in [2.75, 3.05) is 19.4 Å². The molecule has 6 nitrogen and oxygen atoms in total. The Bertz CT molecular complexity index is 657. The maximum atomic E-state index is 12.6. The Morgan fingerprint density at radius 2 is 2.17 bits per heavy atom. The number of aromatic nitrogens is 2. The predicted octanol–water partition coefficient (Wildman–Crippen LogP) is 1.47. The molecule has 18 heavy (non-hydrogen) atoms. The Hall–Kier alpha value is -1.12. The summed E-state index contributed by atoms with van der Waals surface area (Å²) in [7, 11) is -0.314.